The van der Waals surface area contributed by atoms with E-state index in [0.29, 0.717) is 12.8 Å². The zero-order valence-corrected chi connectivity index (χ0v) is 24.4. The molecule has 220 valence electrons. The monoisotopic (exact) mass is 543 g/mol. The van der Waals surface area contributed by atoms with Gasteiger partial charge in [-0.2, -0.15) is 0 Å². The minimum atomic E-state index is -1.13. The summed E-state index contributed by atoms with van der Waals surface area (Å²) in [7, 11) is 3.79. The first-order chi connectivity index (χ1) is 17.6. The average molecular weight is 544 g/mol. The lowest BCUT2D eigenvalue weighted by atomic mass is 9.76. The second-order valence-corrected chi connectivity index (χ2v) is 12.4. The highest BCUT2D eigenvalue weighted by molar-refractivity contribution is 5.92. The summed E-state index contributed by atoms with van der Waals surface area (Å²) in [5.74, 6) is -3.76. The number of esters is 1. The van der Waals surface area contributed by atoms with E-state index in [9.17, 15) is 24.9 Å². The number of nitrogens with zero attached hydrogens (tertiary/aromatic N) is 1. The maximum Gasteiger partial charge on any atom is 0.311 e. The van der Waals surface area contributed by atoms with Gasteiger partial charge in [-0.3, -0.25) is 9.59 Å². The van der Waals surface area contributed by atoms with E-state index >= 15 is 0 Å². The van der Waals surface area contributed by atoms with Gasteiger partial charge in [-0.25, -0.2) is 0 Å². The van der Waals surface area contributed by atoms with Gasteiger partial charge < -0.3 is 39.2 Å². The van der Waals surface area contributed by atoms with Crippen molar-refractivity contribution in [1.82, 2.24) is 4.90 Å². The Hall–Kier alpha value is -1.14. The minimum absolute atomic E-state index is 0.163. The van der Waals surface area contributed by atoms with E-state index in [0.717, 1.165) is 0 Å². The number of rotatable bonds is 3. The van der Waals surface area contributed by atoms with Crippen LogP contribution in [0.2, 0.25) is 0 Å². The fraction of sp³-hybridized carbons (Fsp3) is 0.929. The molecule has 0 aromatic carbocycles. The molecular weight excluding hydrogens is 494 g/mol. The van der Waals surface area contributed by atoms with Crippen LogP contribution >= 0.6 is 0 Å². The topological polar surface area (TPSA) is 138 Å². The highest BCUT2D eigenvalue weighted by atomic mass is 16.7. The Morgan fingerprint density at radius 3 is 2.03 bits per heavy atom. The number of hydrogen-bond donors (Lipinski definition) is 3. The fourth-order valence-corrected chi connectivity index (χ4v) is 6.16. The lowest BCUT2D eigenvalue weighted by molar-refractivity contribution is -0.283. The van der Waals surface area contributed by atoms with Crippen LogP contribution in [0.3, 0.4) is 0 Å². The van der Waals surface area contributed by atoms with Gasteiger partial charge in [0.2, 0.25) is 0 Å². The summed E-state index contributed by atoms with van der Waals surface area (Å²) in [5.41, 5.74) is -1.05. The number of aliphatic hydroxyl groups excluding tert-OH is 3. The zero-order chi connectivity index (χ0) is 28.7. The van der Waals surface area contributed by atoms with Crippen molar-refractivity contribution in [1.29, 1.82) is 0 Å². The number of aliphatic hydroxyl groups is 3. The predicted molar refractivity (Wildman–Crippen MR) is 139 cm³/mol. The van der Waals surface area contributed by atoms with Crippen molar-refractivity contribution in [2.75, 3.05) is 20.7 Å². The van der Waals surface area contributed by atoms with E-state index in [1.54, 1.807) is 34.6 Å². The molecule has 3 heterocycles. The Kier molecular flexibility index (Phi) is 10.0. The molecule has 10 heteroatoms. The zero-order valence-electron chi connectivity index (χ0n) is 24.4. The number of carbonyl (C=O) groups is 2. The molecule has 10 nitrogen and oxygen atoms in total. The van der Waals surface area contributed by atoms with Crippen LogP contribution in [-0.2, 0) is 28.5 Å². The van der Waals surface area contributed by atoms with E-state index in [2.05, 4.69) is 0 Å². The lowest BCUT2D eigenvalue weighted by Crippen LogP contribution is -2.56. The van der Waals surface area contributed by atoms with Gasteiger partial charge in [0.1, 0.15) is 12.2 Å². The molecule has 3 aliphatic heterocycles. The summed E-state index contributed by atoms with van der Waals surface area (Å²) in [4.78, 5) is 28.5. The summed E-state index contributed by atoms with van der Waals surface area (Å²) in [6.45, 7) is 12.6. The van der Waals surface area contributed by atoms with Crippen LogP contribution in [0.15, 0.2) is 0 Å². The normalized spacial score (nSPS) is 49.6. The van der Waals surface area contributed by atoms with Gasteiger partial charge in [0.05, 0.1) is 36.9 Å². The number of Topliss-reactive ketones (excluding diaryl/α,β-unsaturated/α-hetero) is 1. The van der Waals surface area contributed by atoms with Gasteiger partial charge in [-0.05, 0) is 53.6 Å². The molecule has 3 aliphatic rings. The molecule has 0 aromatic rings. The molecule has 3 N–H and O–H groups in total. The van der Waals surface area contributed by atoms with Crippen molar-refractivity contribution in [3.63, 3.8) is 0 Å². The van der Waals surface area contributed by atoms with Crippen LogP contribution < -0.4 is 0 Å². The molecule has 0 bridgehead atoms. The van der Waals surface area contributed by atoms with Crippen LogP contribution in [0, 0.1) is 29.6 Å². The van der Waals surface area contributed by atoms with E-state index in [4.69, 9.17) is 18.9 Å². The highest BCUT2D eigenvalue weighted by Gasteiger charge is 2.56. The summed E-state index contributed by atoms with van der Waals surface area (Å²) >= 11 is 0. The number of ether oxygens (including phenoxy) is 4. The Labute approximate surface area is 226 Å². The molecule has 38 heavy (non-hydrogen) atoms. The number of cyclic esters (lactones) is 1. The maximum atomic E-state index is 13.5. The molecule has 0 radical (unpaired) electrons. The summed E-state index contributed by atoms with van der Waals surface area (Å²) in [5, 5.41) is 33.4. The fourth-order valence-electron chi connectivity index (χ4n) is 6.16. The van der Waals surface area contributed by atoms with Crippen LogP contribution in [0.4, 0.5) is 0 Å². The Morgan fingerprint density at radius 2 is 1.47 bits per heavy atom. The molecule has 1 spiro atoms. The van der Waals surface area contributed by atoms with Gasteiger partial charge in [-0.15, -0.1) is 0 Å². The van der Waals surface area contributed by atoms with E-state index in [1.807, 2.05) is 32.8 Å². The van der Waals surface area contributed by atoms with Gasteiger partial charge in [0.15, 0.2) is 17.7 Å². The lowest BCUT2D eigenvalue weighted by Gasteiger charge is -2.44. The first kappa shape index (κ1) is 31.4. The third kappa shape index (κ3) is 6.43. The number of ketones is 1. The van der Waals surface area contributed by atoms with E-state index in [-0.39, 0.29) is 30.5 Å². The van der Waals surface area contributed by atoms with Gasteiger partial charge in [0.25, 0.3) is 0 Å². The quantitative estimate of drug-likeness (QED) is 0.353. The third-order valence-corrected chi connectivity index (χ3v) is 9.17. The second kappa shape index (κ2) is 12.2. The van der Waals surface area contributed by atoms with Crippen LogP contribution in [0.1, 0.15) is 61.3 Å². The first-order valence-electron chi connectivity index (χ1n) is 14.0. The van der Waals surface area contributed by atoms with Crippen molar-refractivity contribution in [2.45, 2.75) is 116 Å². The Balaban J connectivity index is 1.95. The number of hydrogen-bond acceptors (Lipinski definition) is 10. The standard InChI is InChI=1S/C28H49NO9/c1-13-11-28(12-35-28)25(33)17(5)21(30)15(3)19(7)37-26(34)18(6)22(31)16(4)24(13)38-27-23(32)20(29(8)9)10-14(2)36-27/h13-24,27,30-32H,10-12H2,1-9H3/t13-,14-,15+,16+,17-,18-,19+,20+,21+,22-,23-,24+,27+,28+/m1/s1. The predicted octanol–water partition coefficient (Wildman–Crippen LogP) is 1.37. The molecular formula is C28H49NO9. The summed E-state index contributed by atoms with van der Waals surface area (Å²) in [6, 6.07) is -0.183. The molecule has 0 amide bonds. The van der Waals surface area contributed by atoms with Crippen molar-refractivity contribution in [2.24, 2.45) is 29.6 Å². The molecule has 0 aliphatic carbocycles. The Bertz CT molecular complexity index is 833. The highest BCUT2D eigenvalue weighted by Crippen LogP contribution is 2.42. The first-order valence-corrected chi connectivity index (χ1v) is 14.0. The van der Waals surface area contributed by atoms with E-state index < -0.39 is 72.1 Å². The van der Waals surface area contributed by atoms with Crippen LogP contribution in [-0.4, -0.2) is 107 Å². The Morgan fingerprint density at radius 1 is 0.895 bits per heavy atom. The van der Waals surface area contributed by atoms with Gasteiger partial charge in [-0.1, -0.05) is 27.7 Å². The smallest absolute Gasteiger partial charge is 0.311 e. The van der Waals surface area contributed by atoms with E-state index in [1.165, 1.54) is 0 Å². The molecule has 3 saturated heterocycles. The average Bonchev–Trinajstić information content (AvgIpc) is 3.65. The molecule has 0 saturated carbocycles. The number of likely N-dealkylation sites (N-methyl/N-ethyl adjacent to an activating group) is 1. The number of epoxide rings is 1. The van der Waals surface area contributed by atoms with Crippen molar-refractivity contribution in [3.05, 3.63) is 0 Å². The molecule has 0 unspecified atom stereocenters. The minimum Gasteiger partial charge on any atom is -0.462 e. The number of carbonyl (C=O) groups excluding carboxylic acids is 2. The van der Waals surface area contributed by atoms with Gasteiger partial charge in [0, 0.05) is 23.8 Å². The SMILES string of the molecule is C[C@@H]1[C@H](O)[C@@H](C)C(=O)[C@@]2(CO2)C[C@@H](C)[C@H](O[C@@H]2O[C@H](C)C[C@H](N(C)C)[C@H]2O)[C@@H](C)[C@@H](O)[C@@H](C)C(=O)O[C@H]1C. The molecule has 3 fully saturated rings. The maximum absolute atomic E-state index is 13.5. The largest absolute Gasteiger partial charge is 0.462 e. The molecule has 14 atom stereocenters. The van der Waals surface area contributed by atoms with Crippen LogP contribution in [0.25, 0.3) is 0 Å². The van der Waals surface area contributed by atoms with Crippen molar-refractivity contribution < 1.29 is 43.9 Å². The van der Waals surface area contributed by atoms with Gasteiger partial charge >= 0.3 is 5.97 Å². The van der Waals surface area contributed by atoms with Crippen molar-refractivity contribution in [3.8, 4) is 0 Å². The second-order valence-electron chi connectivity index (χ2n) is 12.4. The molecule has 0 aromatic heterocycles. The summed E-state index contributed by atoms with van der Waals surface area (Å²) in [6.07, 6.45) is -4.62. The van der Waals surface area contributed by atoms with Crippen LogP contribution in [0.5, 0.6) is 0 Å². The molecule has 3 rings (SSSR count). The summed E-state index contributed by atoms with van der Waals surface area (Å²) < 4.78 is 23.8. The van der Waals surface area contributed by atoms with Crippen molar-refractivity contribution >= 4 is 11.8 Å². The third-order valence-electron chi connectivity index (χ3n) is 9.17.